The first kappa shape index (κ1) is 22.0. The smallest absolute Gasteiger partial charge is 0.340 e. The van der Waals surface area contributed by atoms with Gasteiger partial charge in [0.1, 0.15) is 0 Å². The van der Waals surface area contributed by atoms with Crippen molar-refractivity contribution in [3.05, 3.63) is 65.7 Å². The van der Waals surface area contributed by atoms with E-state index in [-0.39, 0.29) is 29.3 Å². The van der Waals surface area contributed by atoms with Crippen LogP contribution >= 0.6 is 0 Å². The van der Waals surface area contributed by atoms with Gasteiger partial charge in [0, 0.05) is 18.7 Å². The van der Waals surface area contributed by atoms with E-state index in [1.54, 1.807) is 53.4 Å². The molecular weight excluding hydrogens is 400 g/mol. The fraction of sp³-hybridized carbons (Fsp3) is 0.304. The fourth-order valence-corrected chi connectivity index (χ4v) is 3.38. The Balaban J connectivity index is 1.56. The lowest BCUT2D eigenvalue weighted by Gasteiger charge is -2.30. The van der Waals surface area contributed by atoms with Crippen LogP contribution in [0.25, 0.3) is 0 Å². The Bertz CT molecular complexity index is 952. The molecule has 1 heterocycles. The molecule has 162 valence electrons. The van der Waals surface area contributed by atoms with E-state index in [0.717, 1.165) is 0 Å². The van der Waals surface area contributed by atoms with E-state index in [1.165, 1.54) is 13.2 Å². The van der Waals surface area contributed by atoms with Crippen LogP contribution < -0.4 is 5.32 Å². The summed E-state index contributed by atoms with van der Waals surface area (Å²) < 4.78 is 9.93. The number of rotatable bonds is 6. The molecule has 0 radical (unpaired) electrons. The van der Waals surface area contributed by atoms with Crippen LogP contribution in [0.2, 0.25) is 0 Å². The molecule has 0 aromatic heterocycles. The van der Waals surface area contributed by atoms with Crippen molar-refractivity contribution >= 4 is 29.4 Å². The number of carbonyl (C=O) groups excluding carboxylic acids is 4. The Morgan fingerprint density at radius 3 is 2.29 bits per heavy atom. The summed E-state index contributed by atoms with van der Waals surface area (Å²) in [5, 5.41) is 2.70. The average molecular weight is 424 g/mol. The number of likely N-dealkylation sites (tertiary alicyclic amines) is 1. The third-order valence-electron chi connectivity index (χ3n) is 5.14. The molecule has 1 aliphatic heterocycles. The van der Waals surface area contributed by atoms with Crippen molar-refractivity contribution < 1.29 is 28.7 Å². The highest BCUT2D eigenvalue weighted by Gasteiger charge is 2.28. The van der Waals surface area contributed by atoms with E-state index in [9.17, 15) is 19.2 Å². The van der Waals surface area contributed by atoms with E-state index in [0.29, 0.717) is 37.2 Å². The van der Waals surface area contributed by atoms with Crippen molar-refractivity contribution in [3.63, 3.8) is 0 Å². The lowest BCUT2D eigenvalue weighted by molar-refractivity contribution is -0.149. The zero-order chi connectivity index (χ0) is 22.2. The monoisotopic (exact) mass is 424 g/mol. The number of benzene rings is 2. The summed E-state index contributed by atoms with van der Waals surface area (Å²) in [7, 11) is 1.35. The number of esters is 2. The van der Waals surface area contributed by atoms with Crippen molar-refractivity contribution in [3.8, 4) is 0 Å². The van der Waals surface area contributed by atoms with Gasteiger partial charge < -0.3 is 19.7 Å². The Hall–Kier alpha value is -3.68. The molecule has 0 spiro atoms. The predicted octanol–water partition coefficient (Wildman–Crippen LogP) is 2.51. The lowest BCUT2D eigenvalue weighted by Crippen LogP contribution is -2.42. The summed E-state index contributed by atoms with van der Waals surface area (Å²) in [6.07, 6.45) is 1.03. The van der Waals surface area contributed by atoms with Gasteiger partial charge in [0.25, 0.3) is 11.8 Å². The molecule has 8 nitrogen and oxygen atoms in total. The maximum Gasteiger partial charge on any atom is 0.340 e. The van der Waals surface area contributed by atoms with Crippen LogP contribution in [-0.4, -0.2) is 55.5 Å². The highest BCUT2D eigenvalue weighted by atomic mass is 16.5. The fourth-order valence-electron chi connectivity index (χ4n) is 3.38. The molecule has 8 heteroatoms. The van der Waals surface area contributed by atoms with Crippen molar-refractivity contribution in [1.29, 1.82) is 0 Å². The van der Waals surface area contributed by atoms with Gasteiger partial charge >= 0.3 is 11.9 Å². The first-order valence-corrected chi connectivity index (χ1v) is 9.97. The van der Waals surface area contributed by atoms with Crippen molar-refractivity contribution in [1.82, 2.24) is 4.90 Å². The highest BCUT2D eigenvalue weighted by Crippen LogP contribution is 2.20. The molecule has 1 N–H and O–H groups in total. The minimum absolute atomic E-state index is 0.156. The first-order valence-electron chi connectivity index (χ1n) is 9.97. The summed E-state index contributed by atoms with van der Waals surface area (Å²) in [5.41, 5.74) is 0.910. The molecule has 0 atom stereocenters. The van der Waals surface area contributed by atoms with Gasteiger partial charge in [0.15, 0.2) is 6.61 Å². The van der Waals surface area contributed by atoms with E-state index in [2.05, 4.69) is 5.32 Å². The summed E-state index contributed by atoms with van der Waals surface area (Å²) >= 11 is 0. The Labute approximate surface area is 180 Å². The number of para-hydroxylation sites is 1. The SMILES string of the molecule is COC(=O)C1CCN(C(=O)COC(=O)c2ccccc2NC(=O)c2ccccc2)CC1. The molecule has 0 saturated carbocycles. The van der Waals surface area contributed by atoms with Crippen LogP contribution in [0.5, 0.6) is 0 Å². The van der Waals surface area contributed by atoms with Gasteiger partial charge in [0.2, 0.25) is 0 Å². The van der Waals surface area contributed by atoms with Gasteiger partial charge in [-0.1, -0.05) is 30.3 Å². The van der Waals surface area contributed by atoms with Crippen LogP contribution in [0.3, 0.4) is 0 Å². The largest absolute Gasteiger partial charge is 0.469 e. The third-order valence-corrected chi connectivity index (χ3v) is 5.14. The van der Waals surface area contributed by atoms with Gasteiger partial charge in [-0.25, -0.2) is 4.79 Å². The number of ether oxygens (including phenoxy) is 2. The summed E-state index contributed by atoms with van der Waals surface area (Å²) in [6.45, 7) is 0.391. The van der Waals surface area contributed by atoms with Crippen molar-refractivity contribution in [2.45, 2.75) is 12.8 Å². The summed E-state index contributed by atoms with van der Waals surface area (Å²) in [4.78, 5) is 50.5. The zero-order valence-electron chi connectivity index (χ0n) is 17.2. The Morgan fingerprint density at radius 1 is 0.968 bits per heavy atom. The van der Waals surface area contributed by atoms with Crippen molar-refractivity contribution in [2.24, 2.45) is 5.92 Å². The Morgan fingerprint density at radius 2 is 1.61 bits per heavy atom. The number of hydrogen-bond acceptors (Lipinski definition) is 6. The number of anilines is 1. The predicted molar refractivity (Wildman–Crippen MR) is 112 cm³/mol. The summed E-state index contributed by atoms with van der Waals surface area (Å²) in [5.74, 6) is -1.88. The molecule has 0 unspecified atom stereocenters. The first-order chi connectivity index (χ1) is 15.0. The lowest BCUT2D eigenvalue weighted by atomic mass is 9.97. The molecule has 2 aromatic rings. The number of methoxy groups -OCH3 is 1. The third kappa shape index (κ3) is 5.69. The standard InChI is InChI=1S/C23H24N2O6/c1-30-22(28)17-11-13-25(14-12-17)20(26)15-31-23(29)18-9-5-6-10-19(18)24-21(27)16-7-3-2-4-8-16/h2-10,17H,11-15H2,1H3,(H,24,27). The number of hydrogen-bond donors (Lipinski definition) is 1. The average Bonchev–Trinajstić information content (AvgIpc) is 2.82. The van der Waals surface area contributed by atoms with Gasteiger partial charge in [-0.15, -0.1) is 0 Å². The minimum Gasteiger partial charge on any atom is -0.469 e. The second-order valence-corrected chi connectivity index (χ2v) is 7.12. The minimum atomic E-state index is -0.707. The van der Waals surface area contributed by atoms with Crippen molar-refractivity contribution in [2.75, 3.05) is 32.1 Å². The molecule has 1 saturated heterocycles. The molecular formula is C23H24N2O6. The molecule has 1 aliphatic rings. The van der Waals surface area contributed by atoms with Crippen LogP contribution in [0.4, 0.5) is 5.69 Å². The molecule has 2 aromatic carbocycles. The second-order valence-electron chi connectivity index (χ2n) is 7.12. The topological polar surface area (TPSA) is 102 Å². The van der Waals surface area contributed by atoms with E-state index in [1.807, 2.05) is 0 Å². The molecule has 0 aliphatic carbocycles. The molecule has 0 bridgehead atoms. The van der Waals surface area contributed by atoms with Crippen LogP contribution in [0.15, 0.2) is 54.6 Å². The van der Waals surface area contributed by atoms with E-state index >= 15 is 0 Å². The van der Waals surface area contributed by atoms with E-state index in [4.69, 9.17) is 9.47 Å². The molecule has 3 rings (SSSR count). The van der Waals surface area contributed by atoms with Crippen LogP contribution in [0.1, 0.15) is 33.6 Å². The summed E-state index contributed by atoms with van der Waals surface area (Å²) in [6, 6.07) is 15.1. The molecule has 1 fully saturated rings. The maximum atomic E-state index is 12.5. The number of nitrogens with zero attached hydrogens (tertiary/aromatic N) is 1. The number of amides is 2. The van der Waals surface area contributed by atoms with Crippen LogP contribution in [0, 0.1) is 5.92 Å². The van der Waals surface area contributed by atoms with Gasteiger partial charge in [-0.3, -0.25) is 14.4 Å². The number of piperidine rings is 1. The van der Waals surface area contributed by atoms with Gasteiger partial charge in [0.05, 0.1) is 24.3 Å². The second kappa shape index (κ2) is 10.4. The zero-order valence-corrected chi connectivity index (χ0v) is 17.2. The number of carbonyl (C=O) groups is 4. The highest BCUT2D eigenvalue weighted by molar-refractivity contribution is 6.08. The van der Waals surface area contributed by atoms with Crippen LogP contribution in [-0.2, 0) is 19.1 Å². The Kier molecular flexibility index (Phi) is 7.37. The molecule has 31 heavy (non-hydrogen) atoms. The van der Waals surface area contributed by atoms with Gasteiger partial charge in [-0.2, -0.15) is 0 Å². The van der Waals surface area contributed by atoms with Gasteiger partial charge in [-0.05, 0) is 37.1 Å². The maximum absolute atomic E-state index is 12.5. The quantitative estimate of drug-likeness (QED) is 0.715. The number of nitrogens with one attached hydrogen (secondary N) is 1. The van der Waals surface area contributed by atoms with E-state index < -0.39 is 12.6 Å². The molecule has 2 amide bonds. The normalized spacial score (nSPS) is 13.9.